The van der Waals surface area contributed by atoms with E-state index in [1.165, 1.54) is 11.0 Å². The molecule has 0 bridgehead atoms. The molecule has 2 aliphatic heterocycles. The summed E-state index contributed by atoms with van der Waals surface area (Å²) in [6, 6.07) is -4.05. The third-order valence-electron chi connectivity index (χ3n) is 10.6. The van der Waals surface area contributed by atoms with Crippen LogP contribution in [0.15, 0.2) is 24.8 Å². The maximum absolute atomic E-state index is 14.7. The molecule has 1 aliphatic carbocycles. The van der Waals surface area contributed by atoms with Crippen LogP contribution in [0.25, 0.3) is 0 Å². The van der Waals surface area contributed by atoms with Crippen LogP contribution >= 0.6 is 0 Å². The van der Waals surface area contributed by atoms with Gasteiger partial charge in [-0.2, -0.15) is 0 Å². The van der Waals surface area contributed by atoms with Crippen LogP contribution < -0.4 is 21.3 Å². The van der Waals surface area contributed by atoms with Crippen molar-refractivity contribution in [2.45, 2.75) is 143 Å². The third kappa shape index (κ3) is 12.8. The summed E-state index contributed by atoms with van der Waals surface area (Å²) in [5, 5.41) is 11.2. The van der Waals surface area contributed by atoms with Crippen LogP contribution in [0, 0.1) is 23.2 Å². The predicted octanol–water partition coefficient (Wildman–Crippen LogP) is 4.16. The van der Waals surface area contributed by atoms with Crippen molar-refractivity contribution < 1.29 is 33.6 Å². The van der Waals surface area contributed by atoms with Crippen molar-refractivity contribution in [2.75, 3.05) is 19.6 Å². The Morgan fingerprint density at radius 1 is 0.943 bits per heavy atom. The Morgan fingerprint density at radius 2 is 1.60 bits per heavy atom. The number of carbonyl (C=O) groups excluding carboxylic acids is 7. The molecule has 3 aliphatic rings. The SMILES string of the molecule is C=CCNC(=O)C(=O)C(CCC)NC(=O)[C@@H]1CC(C/C=C\C(C)C)CN1C(=O)[C@@H](NC(=O)N[C@H](CN1C(=O)CCCC1=O)C(C)(C)C)C1CCCCC1. The minimum Gasteiger partial charge on any atom is -0.346 e. The molecule has 3 rings (SSSR count). The van der Waals surface area contributed by atoms with E-state index in [0.29, 0.717) is 38.1 Å². The van der Waals surface area contributed by atoms with Crippen molar-refractivity contribution >= 4 is 41.4 Å². The molecule has 13 nitrogen and oxygen atoms in total. The molecular weight excluding hydrogens is 676 g/mol. The van der Waals surface area contributed by atoms with Crippen molar-refractivity contribution in [3.63, 3.8) is 0 Å². The Bertz CT molecular complexity index is 1350. The quantitative estimate of drug-likeness (QED) is 0.0985. The van der Waals surface area contributed by atoms with Gasteiger partial charge in [0.25, 0.3) is 5.91 Å². The molecule has 5 atom stereocenters. The van der Waals surface area contributed by atoms with Gasteiger partial charge < -0.3 is 26.2 Å². The average Bonchev–Trinajstić information content (AvgIpc) is 3.54. The summed E-state index contributed by atoms with van der Waals surface area (Å²) in [5.41, 5.74) is -0.524. The molecule has 0 aromatic carbocycles. The first kappa shape index (κ1) is 43.4. The Labute approximate surface area is 315 Å². The second kappa shape index (κ2) is 20.4. The largest absolute Gasteiger partial charge is 0.346 e. The van der Waals surface area contributed by atoms with E-state index in [1.807, 2.05) is 27.7 Å². The lowest BCUT2D eigenvalue weighted by Crippen LogP contribution is -2.61. The number of amides is 7. The molecule has 53 heavy (non-hydrogen) atoms. The minimum atomic E-state index is -1.06. The van der Waals surface area contributed by atoms with Crippen LogP contribution in [0.4, 0.5) is 4.79 Å². The van der Waals surface area contributed by atoms with Gasteiger partial charge in [-0.25, -0.2) is 4.79 Å². The molecule has 4 N–H and O–H groups in total. The van der Waals surface area contributed by atoms with Gasteiger partial charge in [0.2, 0.25) is 29.4 Å². The fourth-order valence-corrected chi connectivity index (χ4v) is 7.46. The van der Waals surface area contributed by atoms with E-state index in [-0.39, 0.29) is 61.9 Å². The standard InChI is InChI=1S/C40H64N6O7/c1-8-15-29(35(49)37(51)41-22-9-2)42-36(50)30-23-27(17-13-16-26(3)4)24-45(30)38(52)34(28-18-11-10-12-19-28)44-39(53)43-31(40(5,6)7)25-46-32(47)20-14-21-33(46)48/h9,13,16,26-31,34H,2,8,10-12,14-15,17-25H2,1,3-7H3,(H,41,51)(H,42,50)(H2,43,44,53)/b16-13-/t27?,29?,30-,31+,34-/m0/s1. The molecule has 1 saturated carbocycles. The zero-order chi connectivity index (χ0) is 39.3. The Kier molecular flexibility index (Phi) is 16.7. The van der Waals surface area contributed by atoms with Crippen LogP contribution in [0.1, 0.15) is 119 Å². The number of ketones is 1. The van der Waals surface area contributed by atoms with Crippen LogP contribution in [0.3, 0.4) is 0 Å². The minimum absolute atomic E-state index is 0.0276. The molecule has 0 spiro atoms. The number of nitrogens with one attached hydrogen (secondary N) is 4. The summed E-state index contributed by atoms with van der Waals surface area (Å²) in [5.74, 6) is -2.81. The van der Waals surface area contributed by atoms with Gasteiger partial charge in [-0.3, -0.25) is 33.7 Å². The third-order valence-corrected chi connectivity index (χ3v) is 10.6. The fourth-order valence-electron chi connectivity index (χ4n) is 7.46. The number of likely N-dealkylation sites (tertiary alicyclic amines) is 2. The van der Waals surface area contributed by atoms with Crippen molar-refractivity contribution in [3.8, 4) is 0 Å². The van der Waals surface area contributed by atoms with Gasteiger partial charge in [0.15, 0.2) is 0 Å². The second-order valence-corrected chi connectivity index (χ2v) is 16.4. The van der Waals surface area contributed by atoms with Crippen LogP contribution in [-0.2, 0) is 28.8 Å². The number of urea groups is 1. The van der Waals surface area contributed by atoms with Crippen LogP contribution in [0.2, 0.25) is 0 Å². The Hall–Kier alpha value is -4.03. The number of nitrogens with zero attached hydrogens (tertiary/aromatic N) is 2. The number of Topliss-reactive ketones (excluding diaryl/α,β-unsaturated/α-hetero) is 1. The topological polar surface area (TPSA) is 174 Å². The van der Waals surface area contributed by atoms with Gasteiger partial charge >= 0.3 is 6.03 Å². The molecule has 2 heterocycles. The molecule has 0 aromatic rings. The highest BCUT2D eigenvalue weighted by Crippen LogP contribution is 2.32. The maximum atomic E-state index is 14.7. The molecule has 3 fully saturated rings. The maximum Gasteiger partial charge on any atom is 0.315 e. The van der Waals surface area contributed by atoms with E-state index in [0.717, 1.165) is 32.1 Å². The lowest BCUT2D eigenvalue weighted by atomic mass is 9.83. The summed E-state index contributed by atoms with van der Waals surface area (Å²) < 4.78 is 0. The highest BCUT2D eigenvalue weighted by atomic mass is 16.2. The summed E-state index contributed by atoms with van der Waals surface area (Å²) in [6.45, 7) is 15.8. The van der Waals surface area contributed by atoms with Crippen LogP contribution in [0.5, 0.6) is 0 Å². The smallest absolute Gasteiger partial charge is 0.315 e. The number of carbonyl (C=O) groups is 7. The highest BCUT2D eigenvalue weighted by Gasteiger charge is 2.45. The van der Waals surface area contributed by atoms with Gasteiger partial charge in [0.05, 0.1) is 12.1 Å². The van der Waals surface area contributed by atoms with E-state index in [9.17, 15) is 33.6 Å². The zero-order valence-electron chi connectivity index (χ0n) is 32.8. The van der Waals surface area contributed by atoms with Crippen molar-refractivity contribution in [1.29, 1.82) is 0 Å². The fraction of sp³-hybridized carbons (Fsp3) is 0.725. The molecule has 2 saturated heterocycles. The summed E-state index contributed by atoms with van der Waals surface area (Å²) >= 11 is 0. The number of hydrogen-bond acceptors (Lipinski definition) is 7. The lowest BCUT2D eigenvalue weighted by Gasteiger charge is -2.38. The van der Waals surface area contributed by atoms with E-state index in [2.05, 4.69) is 53.8 Å². The van der Waals surface area contributed by atoms with Crippen LogP contribution in [-0.4, -0.2) is 95.0 Å². The van der Waals surface area contributed by atoms with Gasteiger partial charge in [0, 0.05) is 32.5 Å². The normalized spacial score (nSPS) is 21.6. The number of rotatable bonds is 17. The number of piperidine rings is 1. The zero-order valence-corrected chi connectivity index (χ0v) is 32.8. The van der Waals surface area contributed by atoms with Gasteiger partial charge in [-0.15, -0.1) is 6.58 Å². The molecule has 296 valence electrons. The predicted molar refractivity (Wildman–Crippen MR) is 203 cm³/mol. The van der Waals surface area contributed by atoms with Gasteiger partial charge in [0.1, 0.15) is 12.1 Å². The van der Waals surface area contributed by atoms with Crippen molar-refractivity contribution in [1.82, 2.24) is 31.1 Å². The number of hydrogen-bond donors (Lipinski definition) is 4. The molecule has 7 amide bonds. The second-order valence-electron chi connectivity index (χ2n) is 16.4. The molecular formula is C40H64N6O7. The molecule has 0 radical (unpaired) electrons. The van der Waals surface area contributed by atoms with E-state index >= 15 is 0 Å². The number of imide groups is 1. The first-order valence-corrected chi connectivity index (χ1v) is 19.7. The van der Waals surface area contributed by atoms with Crippen molar-refractivity contribution in [3.05, 3.63) is 24.8 Å². The Morgan fingerprint density at radius 3 is 2.19 bits per heavy atom. The van der Waals surface area contributed by atoms with E-state index < -0.39 is 53.2 Å². The van der Waals surface area contributed by atoms with Gasteiger partial charge in [-0.05, 0) is 61.7 Å². The van der Waals surface area contributed by atoms with Gasteiger partial charge in [-0.1, -0.05) is 85.5 Å². The summed E-state index contributed by atoms with van der Waals surface area (Å²) in [6.07, 6.45) is 12.8. The Balaban J connectivity index is 1.89. The van der Waals surface area contributed by atoms with E-state index in [1.54, 1.807) is 4.90 Å². The monoisotopic (exact) mass is 740 g/mol. The molecule has 2 unspecified atom stereocenters. The first-order valence-electron chi connectivity index (χ1n) is 19.7. The van der Waals surface area contributed by atoms with E-state index in [4.69, 9.17) is 0 Å². The average molecular weight is 741 g/mol. The lowest BCUT2D eigenvalue weighted by molar-refractivity contribution is -0.148. The summed E-state index contributed by atoms with van der Waals surface area (Å²) in [7, 11) is 0. The molecule has 13 heteroatoms. The number of allylic oxidation sites excluding steroid dienone is 2. The highest BCUT2D eigenvalue weighted by molar-refractivity contribution is 6.38. The van der Waals surface area contributed by atoms with Crippen molar-refractivity contribution in [2.24, 2.45) is 23.2 Å². The summed E-state index contributed by atoms with van der Waals surface area (Å²) in [4.78, 5) is 96.3. The molecule has 0 aromatic heterocycles. The first-order chi connectivity index (χ1) is 25.1.